The van der Waals surface area contributed by atoms with Crippen LogP contribution in [0.2, 0.25) is 5.15 Å². The first-order chi connectivity index (χ1) is 19.1. The van der Waals surface area contributed by atoms with Crippen LogP contribution >= 0.6 is 22.9 Å². The molecule has 1 N–H and O–H groups in total. The largest absolute Gasteiger partial charge is 0.433 e. The summed E-state index contributed by atoms with van der Waals surface area (Å²) in [5.74, 6) is -1.41. The van der Waals surface area contributed by atoms with Crippen molar-refractivity contribution >= 4 is 39.9 Å². The van der Waals surface area contributed by atoms with E-state index in [-0.39, 0.29) is 51.5 Å². The average Bonchev–Trinajstić information content (AvgIpc) is 3.47. The van der Waals surface area contributed by atoms with Crippen LogP contribution in [0.5, 0.6) is 5.75 Å². The van der Waals surface area contributed by atoms with Gasteiger partial charge in [-0.05, 0) is 31.2 Å². The van der Waals surface area contributed by atoms with Crippen molar-refractivity contribution in [2.75, 3.05) is 5.32 Å². The van der Waals surface area contributed by atoms with Gasteiger partial charge in [0.15, 0.2) is 10.9 Å². The first kappa shape index (κ1) is 27.4. The molecule has 5 rings (SSSR count). The number of aromatic nitrogens is 4. The fourth-order valence-electron chi connectivity index (χ4n) is 4.04. The molecule has 0 aromatic carbocycles. The number of rotatable bonds is 7. The van der Waals surface area contributed by atoms with Gasteiger partial charge in [0, 0.05) is 23.0 Å². The number of ether oxygens (including phenoxy) is 1. The van der Waals surface area contributed by atoms with Gasteiger partial charge in [-0.1, -0.05) is 29.0 Å². The lowest BCUT2D eigenvalue weighted by Crippen LogP contribution is -2.26. The Balaban J connectivity index is 1.35. The molecule has 0 unspecified atom stereocenters. The van der Waals surface area contributed by atoms with Gasteiger partial charge in [0.2, 0.25) is 0 Å². The number of carbonyl (C=O) groups excluding carboxylic acids is 2. The predicted octanol–water partition coefficient (Wildman–Crippen LogP) is 5.90. The summed E-state index contributed by atoms with van der Waals surface area (Å²) in [5.41, 5.74) is 0.857. The third-order valence-corrected chi connectivity index (χ3v) is 7.00. The van der Waals surface area contributed by atoms with E-state index in [1.807, 2.05) is 0 Å². The fraction of sp³-hybridized carbons (Fsp3) is 0.200. The molecule has 0 saturated carbocycles. The predicted molar refractivity (Wildman–Crippen MR) is 137 cm³/mol. The van der Waals surface area contributed by atoms with Crippen LogP contribution in [0, 0.1) is 6.92 Å². The van der Waals surface area contributed by atoms with Crippen molar-refractivity contribution in [2.24, 2.45) is 0 Å². The van der Waals surface area contributed by atoms with Gasteiger partial charge in [0.1, 0.15) is 16.5 Å². The summed E-state index contributed by atoms with van der Waals surface area (Å²) in [5, 5.41) is 2.92. The highest BCUT2D eigenvalue weighted by atomic mass is 35.5. The number of alkyl halides is 4. The van der Waals surface area contributed by atoms with Gasteiger partial charge in [-0.2, -0.15) is 8.78 Å². The van der Waals surface area contributed by atoms with E-state index in [2.05, 4.69) is 30.0 Å². The first-order valence-corrected chi connectivity index (χ1v) is 12.7. The van der Waals surface area contributed by atoms with Crippen molar-refractivity contribution < 1.29 is 31.9 Å². The van der Waals surface area contributed by atoms with Crippen LogP contribution in [0.25, 0.3) is 11.1 Å². The van der Waals surface area contributed by atoms with E-state index >= 15 is 0 Å². The lowest BCUT2D eigenvalue weighted by Gasteiger charge is -2.15. The first-order valence-electron chi connectivity index (χ1n) is 11.5. The molecule has 0 fully saturated rings. The molecule has 0 saturated heterocycles. The maximum atomic E-state index is 13.3. The minimum Gasteiger partial charge on any atom is -0.433 e. The van der Waals surface area contributed by atoms with Gasteiger partial charge in [-0.25, -0.2) is 23.7 Å². The second-order valence-corrected chi connectivity index (χ2v) is 9.98. The third-order valence-electron chi connectivity index (χ3n) is 5.80. The number of aryl methyl sites for hydroxylation is 1. The highest BCUT2D eigenvalue weighted by Gasteiger charge is 2.30. The Kier molecular flexibility index (Phi) is 7.63. The van der Waals surface area contributed by atoms with E-state index in [1.54, 1.807) is 6.92 Å². The maximum absolute atomic E-state index is 13.3. The minimum atomic E-state index is -3.13. The van der Waals surface area contributed by atoms with Crippen molar-refractivity contribution in [2.45, 2.75) is 33.1 Å². The van der Waals surface area contributed by atoms with Gasteiger partial charge < -0.3 is 9.64 Å². The zero-order valence-corrected chi connectivity index (χ0v) is 21.9. The lowest BCUT2D eigenvalue weighted by atomic mass is 10.0. The Morgan fingerprint density at radius 3 is 2.60 bits per heavy atom. The molecule has 0 radical (unpaired) electrons. The number of carbonyl (C=O) groups is 2. The molecular weight excluding hydrogens is 576 g/mol. The normalized spacial score (nSPS) is 12.7. The molecule has 5 heterocycles. The number of hydrogen-bond donors (Lipinski definition) is 1. The number of pyridine rings is 3. The van der Waals surface area contributed by atoms with Gasteiger partial charge in [-0.15, -0.1) is 0 Å². The van der Waals surface area contributed by atoms with Crippen LogP contribution in [0.3, 0.4) is 0 Å². The Morgan fingerprint density at radius 2 is 1.88 bits per heavy atom. The monoisotopic (exact) mass is 592 g/mol. The molecular formula is C25H17ClF4N6O3S. The summed E-state index contributed by atoms with van der Waals surface area (Å²) in [4.78, 5) is 44.2. The highest BCUT2D eigenvalue weighted by Crippen LogP contribution is 2.36. The van der Waals surface area contributed by atoms with E-state index in [1.165, 1.54) is 35.4 Å². The Hall–Kier alpha value is -4.17. The van der Waals surface area contributed by atoms with Gasteiger partial charge in [0.05, 0.1) is 35.4 Å². The molecule has 0 spiro atoms. The number of hydrogen-bond acceptors (Lipinski definition) is 8. The van der Waals surface area contributed by atoms with E-state index in [0.717, 1.165) is 23.6 Å². The SMILES string of the molecule is Cc1cc(-c2cc(Cl)ncc2OC(F)F)c(C(=O)Nc2nc3c(s2)CN(C(=O)c2cccc(C(F)F)n2)C3)cn1. The second-order valence-electron chi connectivity index (χ2n) is 8.51. The quantitative estimate of drug-likeness (QED) is 0.210. The summed E-state index contributed by atoms with van der Waals surface area (Å²) in [6.45, 7) is -1.21. The molecule has 40 heavy (non-hydrogen) atoms. The van der Waals surface area contributed by atoms with Crippen LogP contribution < -0.4 is 10.1 Å². The van der Waals surface area contributed by atoms with Gasteiger partial charge >= 0.3 is 6.61 Å². The van der Waals surface area contributed by atoms with Gasteiger partial charge in [0.25, 0.3) is 18.2 Å². The summed E-state index contributed by atoms with van der Waals surface area (Å²) >= 11 is 7.13. The van der Waals surface area contributed by atoms with E-state index in [4.69, 9.17) is 11.6 Å². The van der Waals surface area contributed by atoms with Gasteiger partial charge in [-0.3, -0.25) is 19.9 Å². The summed E-state index contributed by atoms with van der Waals surface area (Å²) < 4.78 is 56.5. The molecule has 206 valence electrons. The second kappa shape index (κ2) is 11.1. The summed E-state index contributed by atoms with van der Waals surface area (Å²) in [6, 6.07) is 6.68. The van der Waals surface area contributed by atoms with E-state index in [9.17, 15) is 27.2 Å². The van der Waals surface area contributed by atoms with Crippen molar-refractivity contribution in [1.29, 1.82) is 0 Å². The van der Waals surface area contributed by atoms with Crippen LogP contribution in [0.4, 0.5) is 22.7 Å². The summed E-state index contributed by atoms with van der Waals surface area (Å²) in [6.07, 6.45) is -0.467. The van der Waals surface area contributed by atoms with Crippen molar-refractivity contribution in [3.63, 3.8) is 0 Å². The average molecular weight is 593 g/mol. The van der Waals surface area contributed by atoms with Crippen molar-refractivity contribution in [3.8, 4) is 16.9 Å². The van der Waals surface area contributed by atoms with Crippen LogP contribution in [-0.4, -0.2) is 43.3 Å². The standard InChI is InChI=1S/C25H17ClF4N6O3S/c1-11-5-12(13-6-20(26)32-8-18(13)39-24(29)30)14(7-31-11)22(37)35-25-34-17-9-36(10-19(17)40-25)23(38)16-4-2-3-15(33-16)21(27)28/h2-8,21,24H,9-10H2,1H3,(H,34,35,37). The summed E-state index contributed by atoms with van der Waals surface area (Å²) in [7, 11) is 0. The zero-order chi connectivity index (χ0) is 28.6. The minimum absolute atomic E-state index is 0.00372. The number of nitrogens with zero attached hydrogens (tertiary/aromatic N) is 5. The smallest absolute Gasteiger partial charge is 0.387 e. The fourth-order valence-corrected chi connectivity index (χ4v) is 5.18. The van der Waals surface area contributed by atoms with Crippen LogP contribution in [0.15, 0.2) is 42.7 Å². The highest BCUT2D eigenvalue weighted by molar-refractivity contribution is 7.16. The number of thiazole rings is 1. The maximum Gasteiger partial charge on any atom is 0.387 e. The Labute approximate surface area is 232 Å². The van der Waals surface area contributed by atoms with E-state index in [0.29, 0.717) is 16.3 Å². The van der Waals surface area contributed by atoms with Crippen molar-refractivity contribution in [3.05, 3.63) is 81.1 Å². The lowest BCUT2D eigenvalue weighted by molar-refractivity contribution is -0.0496. The molecule has 4 aromatic heterocycles. The number of fused-ring (bicyclic) bond motifs is 1. The number of halogens is 5. The molecule has 15 heteroatoms. The Bertz CT molecular complexity index is 1600. The molecule has 0 bridgehead atoms. The van der Waals surface area contributed by atoms with E-state index < -0.39 is 30.5 Å². The Morgan fingerprint density at radius 1 is 1.07 bits per heavy atom. The van der Waals surface area contributed by atoms with Crippen LogP contribution in [0.1, 0.15) is 49.2 Å². The third kappa shape index (κ3) is 5.72. The number of anilines is 1. The number of nitrogens with one attached hydrogen (secondary N) is 1. The van der Waals surface area contributed by atoms with Crippen LogP contribution in [-0.2, 0) is 13.1 Å². The molecule has 0 aliphatic carbocycles. The molecule has 0 atom stereocenters. The topological polar surface area (TPSA) is 110 Å². The number of amides is 2. The molecule has 4 aromatic rings. The molecule has 9 nitrogen and oxygen atoms in total. The molecule has 1 aliphatic rings. The van der Waals surface area contributed by atoms with Crippen molar-refractivity contribution in [1.82, 2.24) is 24.8 Å². The zero-order valence-electron chi connectivity index (χ0n) is 20.4. The molecule has 2 amide bonds. The molecule has 1 aliphatic heterocycles.